The van der Waals surface area contributed by atoms with Gasteiger partial charge in [0.15, 0.2) is 0 Å². The van der Waals surface area contributed by atoms with E-state index in [-0.39, 0.29) is 5.52 Å². The van der Waals surface area contributed by atoms with Crippen molar-refractivity contribution in [2.75, 3.05) is 0 Å². The molecule has 0 aliphatic heterocycles. The number of rotatable bonds is 6. The van der Waals surface area contributed by atoms with Crippen LogP contribution in [0, 0.1) is 0 Å². The molecular weight excluding hydrogens is 707 g/mol. The number of aromatic hydroxyl groups is 1. The molecule has 8 aromatic rings. The van der Waals surface area contributed by atoms with Gasteiger partial charge in [-0.05, 0) is 104 Å². The summed E-state index contributed by atoms with van der Waals surface area (Å²) in [5, 5.41) is 12.8. The van der Waals surface area contributed by atoms with Gasteiger partial charge in [0.05, 0.1) is 22.3 Å². The van der Waals surface area contributed by atoms with E-state index in [1.54, 1.807) is 48.7 Å². The second-order valence-electron chi connectivity index (χ2n) is 15.6. The summed E-state index contributed by atoms with van der Waals surface area (Å²) in [6, 6.07) is 42.0. The van der Waals surface area contributed by atoms with E-state index in [1.165, 1.54) is 4.57 Å². The third kappa shape index (κ3) is 7.47. The molecular formula is C54H53N3O. The van der Waals surface area contributed by atoms with E-state index in [4.69, 9.17) is 34.6 Å². The zero-order chi connectivity index (χ0) is 56.0. The number of hydrogen-bond acceptors (Lipinski definition) is 3. The molecule has 290 valence electrons. The number of phenols is 1. The molecule has 6 aromatic carbocycles. The number of imidazole rings is 1. The van der Waals surface area contributed by atoms with Crippen molar-refractivity contribution < 1.29 is 29.8 Å². The van der Waals surface area contributed by atoms with E-state index in [0.717, 1.165) is 33.4 Å². The molecule has 1 N–H and O–H groups in total. The van der Waals surface area contributed by atoms with Crippen molar-refractivity contribution in [2.24, 2.45) is 0 Å². The molecule has 0 saturated heterocycles. The summed E-state index contributed by atoms with van der Waals surface area (Å²) in [6.45, 7) is -18.3. The first-order chi connectivity index (χ1) is 35.1. The number of hydrogen-bond donors (Lipinski definition) is 1. The molecule has 4 nitrogen and oxygen atoms in total. The van der Waals surface area contributed by atoms with Gasteiger partial charge in [0, 0.05) is 53.2 Å². The van der Waals surface area contributed by atoms with Crippen LogP contribution in [0.2, 0.25) is 0 Å². The standard InChI is InChI=1S/C54H53N3O/c1-52(2,3)41-30-39(29-40(31-41)47-32-38(27-28-55-47)36-19-14-11-15-20-36)44-21-16-22-48-49(44)56-51(45-33-42(53(4,5)6)34-46(50(45)58)54(7,8)9)57(48)43-25-23-37(24-26-43)35-17-12-10-13-18-35/h10-34,58H,1-9H3/i4D3,5D3,6D3,7D3,8D3,9D3. The first-order valence-corrected chi connectivity index (χ1v) is 18.8. The van der Waals surface area contributed by atoms with Gasteiger partial charge >= 0.3 is 0 Å². The molecule has 0 bridgehead atoms. The van der Waals surface area contributed by atoms with E-state index in [1.807, 2.05) is 112 Å². The Balaban J connectivity index is 1.55. The minimum absolute atomic E-state index is 0.196. The Morgan fingerprint density at radius 1 is 0.517 bits per heavy atom. The van der Waals surface area contributed by atoms with Crippen molar-refractivity contribution in [3.63, 3.8) is 0 Å². The minimum atomic E-state index is -4.11. The molecule has 2 heterocycles. The molecule has 0 radical (unpaired) electrons. The lowest BCUT2D eigenvalue weighted by molar-refractivity contribution is 0.446. The lowest BCUT2D eigenvalue weighted by Gasteiger charge is -2.27. The maximum atomic E-state index is 12.8. The first kappa shape index (κ1) is 22.6. The highest BCUT2D eigenvalue weighted by atomic mass is 16.3. The van der Waals surface area contributed by atoms with Crippen LogP contribution >= 0.6 is 0 Å². The predicted octanol–water partition coefficient (Wildman–Crippen LogP) is 14.4. The molecule has 58 heavy (non-hydrogen) atoms. The van der Waals surface area contributed by atoms with E-state index in [0.29, 0.717) is 40.2 Å². The Kier molecular flexibility index (Phi) is 5.69. The van der Waals surface area contributed by atoms with Gasteiger partial charge in [-0.15, -0.1) is 0 Å². The summed E-state index contributed by atoms with van der Waals surface area (Å²) < 4.78 is 158. The van der Waals surface area contributed by atoms with Crippen molar-refractivity contribution >= 4 is 11.0 Å². The van der Waals surface area contributed by atoms with Crippen molar-refractivity contribution in [2.45, 2.75) is 78.1 Å². The fraction of sp³-hybridized carbons (Fsp3) is 0.222. The molecule has 2 aromatic heterocycles. The number of nitrogens with zero attached hydrogens (tertiary/aromatic N) is 3. The van der Waals surface area contributed by atoms with Crippen molar-refractivity contribution in [1.29, 1.82) is 0 Å². The van der Waals surface area contributed by atoms with Gasteiger partial charge in [0.25, 0.3) is 0 Å². The normalized spacial score (nSPS) is 18.2. The Labute approximate surface area is 369 Å². The van der Waals surface area contributed by atoms with Crippen molar-refractivity contribution in [3.8, 4) is 67.5 Å². The summed E-state index contributed by atoms with van der Waals surface area (Å²) in [6.07, 6.45) is 1.71. The van der Waals surface area contributed by atoms with Gasteiger partial charge < -0.3 is 5.11 Å². The largest absolute Gasteiger partial charge is 0.507 e. The fourth-order valence-electron chi connectivity index (χ4n) is 7.28. The Hall–Kier alpha value is -6.26. The zero-order valence-corrected chi connectivity index (χ0v) is 32.2. The van der Waals surface area contributed by atoms with E-state index in [9.17, 15) is 5.11 Å². The molecule has 4 heteroatoms. The number of phenolic OH excluding ortho intramolecular Hbond substituents is 1. The van der Waals surface area contributed by atoms with Gasteiger partial charge in [0.2, 0.25) is 0 Å². The van der Waals surface area contributed by atoms with Gasteiger partial charge in [-0.2, -0.15) is 0 Å². The predicted molar refractivity (Wildman–Crippen MR) is 244 cm³/mol. The van der Waals surface area contributed by atoms with Crippen LogP contribution in [0.1, 0.15) is 103 Å². The van der Waals surface area contributed by atoms with E-state index >= 15 is 0 Å². The number of benzene rings is 6. The zero-order valence-electron chi connectivity index (χ0n) is 50.2. The summed E-state index contributed by atoms with van der Waals surface area (Å²) in [5.41, 5.74) is -4.34. The fourth-order valence-corrected chi connectivity index (χ4v) is 7.28. The summed E-state index contributed by atoms with van der Waals surface area (Å²) in [7, 11) is 0. The average molecular weight is 778 g/mol. The molecule has 0 aliphatic rings. The molecule has 8 rings (SSSR count). The molecule has 0 atom stereocenters. The number of aromatic nitrogens is 3. The van der Waals surface area contributed by atoms with Crippen LogP contribution in [0.4, 0.5) is 0 Å². The van der Waals surface area contributed by atoms with Gasteiger partial charge in [-0.1, -0.05) is 159 Å². The minimum Gasteiger partial charge on any atom is -0.507 e. The number of para-hydroxylation sites is 1. The van der Waals surface area contributed by atoms with Crippen molar-refractivity contribution in [3.05, 3.63) is 168 Å². The van der Waals surface area contributed by atoms with Gasteiger partial charge in [-0.25, -0.2) is 4.98 Å². The third-order valence-electron chi connectivity index (χ3n) is 10.4. The summed E-state index contributed by atoms with van der Waals surface area (Å²) in [5.74, 6) is -1.74. The average Bonchev–Trinajstić information content (AvgIpc) is 3.70. The molecule has 0 aliphatic carbocycles. The Morgan fingerprint density at radius 3 is 1.79 bits per heavy atom. The highest BCUT2D eigenvalue weighted by molar-refractivity contribution is 5.97. The van der Waals surface area contributed by atoms with E-state index < -0.39 is 85.6 Å². The molecule has 0 unspecified atom stereocenters. The highest BCUT2D eigenvalue weighted by Crippen LogP contribution is 2.45. The maximum absolute atomic E-state index is 12.8. The second-order valence-corrected chi connectivity index (χ2v) is 15.6. The first-order valence-electron chi connectivity index (χ1n) is 27.8. The van der Waals surface area contributed by atoms with Crippen LogP contribution in [0.3, 0.4) is 0 Å². The molecule has 0 spiro atoms. The topological polar surface area (TPSA) is 50.9 Å². The van der Waals surface area contributed by atoms with E-state index in [2.05, 4.69) is 0 Å². The third-order valence-corrected chi connectivity index (χ3v) is 10.4. The van der Waals surface area contributed by atoms with Crippen LogP contribution in [-0.4, -0.2) is 19.6 Å². The SMILES string of the molecule is [2H]C([2H])([2H])C(c1cc(-c2nc3c(-c4cc(-c5cc(-c6ccccc6)ccn5)cc(C(C)(C)C)c4)cccc3n2-c2ccc(-c3ccccc3)cc2)c(O)c(C(C([2H])([2H])[2H])(C([2H])([2H])[2H])C([2H])([2H])[2H])c1)(C([2H])([2H])[2H])C([2H])([2H])[2H]. The molecule has 0 amide bonds. The smallest absolute Gasteiger partial charge is 0.149 e. The van der Waals surface area contributed by atoms with Crippen LogP contribution in [0.5, 0.6) is 5.75 Å². The van der Waals surface area contributed by atoms with Gasteiger partial charge in [0.1, 0.15) is 11.6 Å². The Bertz CT molecular complexity index is 3360. The summed E-state index contributed by atoms with van der Waals surface area (Å²) >= 11 is 0. The van der Waals surface area contributed by atoms with Crippen LogP contribution in [-0.2, 0) is 16.2 Å². The lowest BCUT2D eigenvalue weighted by atomic mass is 9.79. The lowest BCUT2D eigenvalue weighted by Crippen LogP contribution is -2.17. The molecule has 0 fully saturated rings. The maximum Gasteiger partial charge on any atom is 0.149 e. The van der Waals surface area contributed by atoms with Crippen molar-refractivity contribution in [1.82, 2.24) is 14.5 Å². The number of pyridine rings is 1. The molecule has 0 saturated carbocycles. The Morgan fingerprint density at radius 2 is 1.14 bits per heavy atom. The van der Waals surface area contributed by atoms with Crippen LogP contribution in [0.25, 0.3) is 72.7 Å². The number of fused-ring (bicyclic) bond motifs is 1. The highest BCUT2D eigenvalue weighted by Gasteiger charge is 2.29. The van der Waals surface area contributed by atoms with Gasteiger partial charge in [-0.3, -0.25) is 9.55 Å². The van der Waals surface area contributed by atoms with Crippen LogP contribution < -0.4 is 0 Å². The quantitative estimate of drug-likeness (QED) is 0.183. The summed E-state index contributed by atoms with van der Waals surface area (Å²) in [4.78, 5) is 9.85. The van der Waals surface area contributed by atoms with Crippen LogP contribution in [0.15, 0.2) is 152 Å². The monoisotopic (exact) mass is 778 g/mol. The second kappa shape index (κ2) is 14.6.